The molecule has 0 aromatic carbocycles. The van der Waals surface area contributed by atoms with E-state index in [-0.39, 0.29) is 23.9 Å². The van der Waals surface area contributed by atoms with Crippen molar-refractivity contribution in [1.82, 2.24) is 4.98 Å². The van der Waals surface area contributed by atoms with Crippen LogP contribution in [0.1, 0.15) is 42.8 Å². The first-order valence-corrected chi connectivity index (χ1v) is 8.38. The Bertz CT molecular complexity index is 682. The molecule has 2 aromatic heterocycles. The van der Waals surface area contributed by atoms with Gasteiger partial charge in [-0.1, -0.05) is 13.3 Å². The number of Topliss-reactive ketones (excluding diaryl/α,β-unsaturated/α-hetero) is 2. The van der Waals surface area contributed by atoms with Crippen molar-refractivity contribution in [2.75, 3.05) is 14.2 Å². The molecule has 1 atom stereocenters. The number of ether oxygens (including phenoxy) is 2. The molecule has 2 heterocycles. The smallest absolute Gasteiger partial charge is 0.257 e. The zero-order chi connectivity index (χ0) is 17.0. The van der Waals surface area contributed by atoms with Gasteiger partial charge in [0, 0.05) is 18.4 Å². The fraction of sp³-hybridized carbons (Fsp3) is 0.471. The topological polar surface area (TPSA) is 65.5 Å². The van der Waals surface area contributed by atoms with Crippen molar-refractivity contribution >= 4 is 33.1 Å². The van der Waals surface area contributed by atoms with Crippen molar-refractivity contribution in [3.63, 3.8) is 0 Å². The number of rotatable bonds is 8. The highest BCUT2D eigenvalue weighted by Crippen LogP contribution is 2.34. The molecule has 0 N–H and O–H groups in total. The lowest BCUT2D eigenvalue weighted by atomic mass is 9.93. The number of fused-ring (bicyclic) bond motifs is 1. The Labute approximate surface area is 139 Å². The van der Waals surface area contributed by atoms with E-state index in [9.17, 15) is 9.59 Å². The summed E-state index contributed by atoms with van der Waals surface area (Å²) in [6.45, 7) is 3.57. The van der Waals surface area contributed by atoms with Gasteiger partial charge in [-0.25, -0.2) is 4.98 Å². The second kappa shape index (κ2) is 7.55. The highest BCUT2D eigenvalue weighted by atomic mass is 32.1. The molecule has 0 aliphatic carbocycles. The molecule has 124 valence electrons. The Hall–Kier alpha value is -1.95. The molecule has 0 unspecified atom stereocenters. The predicted octanol–water partition coefficient (Wildman–Crippen LogP) is 3.89. The van der Waals surface area contributed by atoms with E-state index in [2.05, 4.69) is 4.98 Å². The molecule has 2 rings (SSSR count). The fourth-order valence-electron chi connectivity index (χ4n) is 2.48. The molecule has 5 nitrogen and oxygen atoms in total. The number of carbonyl (C=O) groups excluding carboxylic acids is 2. The zero-order valence-corrected chi connectivity index (χ0v) is 14.7. The van der Waals surface area contributed by atoms with E-state index < -0.39 is 0 Å². The van der Waals surface area contributed by atoms with Gasteiger partial charge in [-0.15, -0.1) is 11.3 Å². The molecule has 0 fully saturated rings. The van der Waals surface area contributed by atoms with Crippen molar-refractivity contribution < 1.29 is 19.1 Å². The molecule has 0 spiro atoms. The molecule has 23 heavy (non-hydrogen) atoms. The van der Waals surface area contributed by atoms with Crippen molar-refractivity contribution in [2.45, 2.75) is 33.1 Å². The van der Waals surface area contributed by atoms with Crippen LogP contribution >= 0.6 is 11.3 Å². The van der Waals surface area contributed by atoms with Gasteiger partial charge in [-0.05, 0) is 19.4 Å². The van der Waals surface area contributed by atoms with Crippen LogP contribution in [0.3, 0.4) is 0 Å². The summed E-state index contributed by atoms with van der Waals surface area (Å²) in [5.41, 5.74) is 0.700. The first-order valence-electron chi connectivity index (χ1n) is 7.56. The van der Waals surface area contributed by atoms with Crippen molar-refractivity contribution in [1.29, 1.82) is 0 Å². The minimum absolute atomic E-state index is 0.0143. The number of thiophene rings is 1. The van der Waals surface area contributed by atoms with Gasteiger partial charge in [-0.3, -0.25) is 9.59 Å². The van der Waals surface area contributed by atoms with E-state index in [0.717, 1.165) is 17.5 Å². The first kappa shape index (κ1) is 17.4. The molecule has 0 aliphatic rings. The molecule has 0 amide bonds. The van der Waals surface area contributed by atoms with Crippen LogP contribution in [0.4, 0.5) is 0 Å². The number of aromatic nitrogens is 1. The van der Waals surface area contributed by atoms with E-state index in [1.807, 2.05) is 13.0 Å². The van der Waals surface area contributed by atoms with Crippen LogP contribution in [0.15, 0.2) is 12.1 Å². The average Bonchev–Trinajstić information content (AvgIpc) is 2.95. The van der Waals surface area contributed by atoms with E-state index in [1.165, 1.54) is 18.4 Å². The van der Waals surface area contributed by atoms with E-state index in [1.54, 1.807) is 20.1 Å². The van der Waals surface area contributed by atoms with Crippen LogP contribution in [0.25, 0.3) is 10.2 Å². The Balaban J connectivity index is 2.29. The summed E-state index contributed by atoms with van der Waals surface area (Å²) >= 11 is 1.37. The van der Waals surface area contributed by atoms with Gasteiger partial charge in [0.2, 0.25) is 0 Å². The molecule has 0 aliphatic heterocycles. The lowest BCUT2D eigenvalue weighted by molar-refractivity contribution is -0.120. The number of hydrogen-bond acceptors (Lipinski definition) is 6. The number of carbonyl (C=O) groups is 2. The minimum atomic E-state index is -0.199. The molecule has 0 saturated carbocycles. The Morgan fingerprint density at radius 1 is 1.26 bits per heavy atom. The molecule has 0 bridgehead atoms. The molecule has 2 aromatic rings. The number of methoxy groups -OCH3 is 2. The van der Waals surface area contributed by atoms with Gasteiger partial charge in [0.25, 0.3) is 5.88 Å². The summed E-state index contributed by atoms with van der Waals surface area (Å²) in [5, 5.41) is 0. The van der Waals surface area contributed by atoms with Crippen LogP contribution < -0.4 is 9.47 Å². The number of ketones is 2. The number of hydrogen-bond donors (Lipinski definition) is 0. The summed E-state index contributed by atoms with van der Waals surface area (Å²) in [6.07, 6.45) is 1.88. The highest BCUT2D eigenvalue weighted by molar-refractivity contribution is 7.20. The third kappa shape index (κ3) is 3.88. The summed E-state index contributed by atoms with van der Waals surface area (Å²) in [5.74, 6) is 0.787. The summed E-state index contributed by atoms with van der Waals surface area (Å²) in [7, 11) is 3.07. The van der Waals surface area contributed by atoms with E-state index >= 15 is 0 Å². The quantitative estimate of drug-likeness (QED) is 0.685. The molecule has 0 radical (unpaired) electrons. The standard InChI is InChI=1S/C17H21NO4S/c1-5-6-11(10(2)19)7-13(20)16-8-12-15(23-16)9-14(21-3)17(18-12)22-4/h8-9,11H,5-7H2,1-4H3/t11-/m0/s1. The second-order valence-corrected chi connectivity index (χ2v) is 6.50. The van der Waals surface area contributed by atoms with Crippen molar-refractivity contribution in [3.8, 4) is 11.6 Å². The van der Waals surface area contributed by atoms with Crippen LogP contribution in [-0.4, -0.2) is 30.8 Å². The van der Waals surface area contributed by atoms with Crippen LogP contribution in [0.2, 0.25) is 0 Å². The van der Waals surface area contributed by atoms with Crippen LogP contribution in [0.5, 0.6) is 11.6 Å². The van der Waals surface area contributed by atoms with Gasteiger partial charge in [0.05, 0.1) is 29.3 Å². The Morgan fingerprint density at radius 3 is 2.57 bits per heavy atom. The lowest BCUT2D eigenvalue weighted by Gasteiger charge is -2.10. The maximum Gasteiger partial charge on any atom is 0.257 e. The Morgan fingerprint density at radius 2 is 2.00 bits per heavy atom. The van der Waals surface area contributed by atoms with E-state index in [4.69, 9.17) is 9.47 Å². The lowest BCUT2D eigenvalue weighted by Crippen LogP contribution is -2.15. The average molecular weight is 335 g/mol. The minimum Gasteiger partial charge on any atom is -0.491 e. The molecular weight excluding hydrogens is 314 g/mol. The maximum atomic E-state index is 12.5. The number of nitrogens with zero attached hydrogens (tertiary/aromatic N) is 1. The second-order valence-electron chi connectivity index (χ2n) is 5.42. The molecule has 0 saturated heterocycles. The largest absolute Gasteiger partial charge is 0.491 e. The normalized spacial score (nSPS) is 12.2. The van der Waals surface area contributed by atoms with E-state index in [0.29, 0.717) is 22.0 Å². The summed E-state index contributed by atoms with van der Waals surface area (Å²) in [4.78, 5) is 29.1. The predicted molar refractivity (Wildman–Crippen MR) is 90.8 cm³/mol. The highest BCUT2D eigenvalue weighted by Gasteiger charge is 2.21. The fourth-order valence-corrected chi connectivity index (χ4v) is 3.46. The first-order chi connectivity index (χ1) is 11.0. The van der Waals surface area contributed by atoms with Crippen LogP contribution in [-0.2, 0) is 4.79 Å². The SMILES string of the molecule is CCC[C@@H](CC(=O)c1cc2nc(OC)c(OC)cc2s1)C(C)=O. The van der Waals surface area contributed by atoms with Gasteiger partial charge in [0.15, 0.2) is 11.5 Å². The Kier molecular flexibility index (Phi) is 5.71. The summed E-state index contributed by atoms with van der Waals surface area (Å²) in [6, 6.07) is 3.57. The van der Waals surface area contributed by atoms with Gasteiger partial charge >= 0.3 is 0 Å². The molecule has 6 heteroatoms. The van der Waals surface area contributed by atoms with Gasteiger partial charge in [0.1, 0.15) is 5.78 Å². The number of pyridine rings is 1. The molecular formula is C17H21NO4S. The third-order valence-corrected chi connectivity index (χ3v) is 4.88. The van der Waals surface area contributed by atoms with Gasteiger partial charge in [-0.2, -0.15) is 0 Å². The monoisotopic (exact) mass is 335 g/mol. The van der Waals surface area contributed by atoms with Gasteiger partial charge < -0.3 is 9.47 Å². The summed E-state index contributed by atoms with van der Waals surface area (Å²) < 4.78 is 11.3. The zero-order valence-electron chi connectivity index (χ0n) is 13.8. The van der Waals surface area contributed by atoms with Crippen molar-refractivity contribution in [3.05, 3.63) is 17.0 Å². The third-order valence-electron chi connectivity index (χ3n) is 3.77. The maximum absolute atomic E-state index is 12.5. The van der Waals surface area contributed by atoms with Crippen LogP contribution in [0, 0.1) is 5.92 Å². The van der Waals surface area contributed by atoms with Crippen molar-refractivity contribution in [2.24, 2.45) is 5.92 Å².